The predicted octanol–water partition coefficient (Wildman–Crippen LogP) is 3.87. The van der Waals surface area contributed by atoms with E-state index in [0.29, 0.717) is 12.0 Å². The number of aromatic carboxylic acids is 2. The Hall–Kier alpha value is -2.62. The summed E-state index contributed by atoms with van der Waals surface area (Å²) in [5.74, 6) is -1.88. The Morgan fingerprint density at radius 2 is 1.41 bits per heavy atom. The van der Waals surface area contributed by atoms with Gasteiger partial charge in [-0.15, -0.1) is 0 Å². The molecule has 2 N–H and O–H groups in total. The summed E-state index contributed by atoms with van der Waals surface area (Å²) in [5.41, 5.74) is 4.28. The van der Waals surface area contributed by atoms with Crippen LogP contribution in [0.1, 0.15) is 45.7 Å². The lowest BCUT2D eigenvalue weighted by Gasteiger charge is -2.15. The molecule has 0 aliphatic carbocycles. The number of hydrogen-bond acceptors (Lipinski definition) is 2. The quantitative estimate of drug-likeness (QED) is 0.878. The minimum absolute atomic E-state index is 0.236. The van der Waals surface area contributed by atoms with Gasteiger partial charge in [0.05, 0.1) is 11.1 Å². The molecule has 0 aromatic heterocycles. The molecule has 0 aliphatic rings. The van der Waals surface area contributed by atoms with E-state index in [1.165, 1.54) is 0 Å². The summed E-state index contributed by atoms with van der Waals surface area (Å²) in [4.78, 5) is 22.3. The summed E-state index contributed by atoms with van der Waals surface area (Å²) >= 11 is 0. The van der Waals surface area contributed by atoms with Gasteiger partial charge in [0.25, 0.3) is 0 Å². The first-order chi connectivity index (χ1) is 10.5. The molecular weight excluding hydrogens is 280 g/mol. The Morgan fingerprint density at radius 1 is 0.818 bits per heavy atom. The molecule has 114 valence electrons. The second-order valence-electron chi connectivity index (χ2n) is 5.01. The van der Waals surface area contributed by atoms with Crippen molar-refractivity contribution in [3.05, 3.63) is 58.7 Å². The zero-order valence-corrected chi connectivity index (χ0v) is 12.6. The molecule has 2 aromatic carbocycles. The van der Waals surface area contributed by atoms with Crippen molar-refractivity contribution >= 4 is 11.9 Å². The first-order valence-electron chi connectivity index (χ1n) is 7.21. The first-order valence-corrected chi connectivity index (χ1v) is 7.21. The number of rotatable bonds is 5. The van der Waals surface area contributed by atoms with E-state index < -0.39 is 11.9 Å². The van der Waals surface area contributed by atoms with Crippen LogP contribution < -0.4 is 0 Å². The summed E-state index contributed by atoms with van der Waals surface area (Å²) < 4.78 is 0. The maximum atomic E-state index is 11.4. The molecule has 4 heteroatoms. The van der Waals surface area contributed by atoms with Crippen LogP contribution in [0.4, 0.5) is 0 Å². The van der Waals surface area contributed by atoms with Crippen molar-refractivity contribution in [3.63, 3.8) is 0 Å². The highest BCUT2D eigenvalue weighted by Gasteiger charge is 2.16. The zero-order valence-electron chi connectivity index (χ0n) is 12.6. The highest BCUT2D eigenvalue weighted by atomic mass is 16.4. The van der Waals surface area contributed by atoms with E-state index in [2.05, 4.69) is 0 Å². The van der Waals surface area contributed by atoms with Crippen LogP contribution in [0.3, 0.4) is 0 Å². The molecule has 0 saturated heterocycles. The first kappa shape index (κ1) is 15.8. The van der Waals surface area contributed by atoms with Crippen molar-refractivity contribution in [3.8, 4) is 11.1 Å². The second-order valence-corrected chi connectivity index (χ2v) is 5.01. The number of carbonyl (C=O) groups is 2. The van der Waals surface area contributed by atoms with Crippen molar-refractivity contribution in [1.82, 2.24) is 0 Å². The van der Waals surface area contributed by atoms with Crippen molar-refractivity contribution in [2.24, 2.45) is 0 Å². The Kier molecular flexibility index (Phi) is 4.61. The summed E-state index contributed by atoms with van der Waals surface area (Å²) in [7, 11) is 0. The molecule has 0 spiro atoms. The number of carboxylic acids is 2. The lowest BCUT2D eigenvalue weighted by molar-refractivity contribution is 0.0685. The van der Waals surface area contributed by atoms with Gasteiger partial charge in [0, 0.05) is 0 Å². The van der Waals surface area contributed by atoms with Crippen LogP contribution in [0, 0.1) is 0 Å². The molecule has 0 saturated carbocycles. The largest absolute Gasteiger partial charge is 0.478 e. The normalized spacial score (nSPS) is 10.5. The molecule has 2 rings (SSSR count). The van der Waals surface area contributed by atoms with Crippen LogP contribution in [0.2, 0.25) is 0 Å². The van der Waals surface area contributed by atoms with E-state index in [1.54, 1.807) is 36.4 Å². The summed E-state index contributed by atoms with van der Waals surface area (Å²) in [6.45, 7) is 3.94. The average Bonchev–Trinajstić information content (AvgIpc) is 2.53. The van der Waals surface area contributed by atoms with Gasteiger partial charge in [-0.2, -0.15) is 0 Å². The standard InChI is InChI=1S/C18H18O4/c1-3-13-14(4-2)16(18(21)22)10-9-15(13)11-5-7-12(8-6-11)17(19)20/h5-10H,3-4H2,1-2H3,(H,19,20)(H,21,22). The van der Waals surface area contributed by atoms with Crippen LogP contribution in [0.15, 0.2) is 36.4 Å². The van der Waals surface area contributed by atoms with Crippen LogP contribution >= 0.6 is 0 Å². The minimum Gasteiger partial charge on any atom is -0.478 e. The van der Waals surface area contributed by atoms with E-state index in [0.717, 1.165) is 28.7 Å². The third-order valence-electron chi connectivity index (χ3n) is 3.81. The van der Waals surface area contributed by atoms with Crippen LogP contribution in [0.5, 0.6) is 0 Å². The molecular formula is C18H18O4. The van der Waals surface area contributed by atoms with E-state index in [9.17, 15) is 14.7 Å². The Labute approximate surface area is 129 Å². The van der Waals surface area contributed by atoms with E-state index in [-0.39, 0.29) is 5.56 Å². The summed E-state index contributed by atoms with van der Waals surface area (Å²) in [5, 5.41) is 18.3. The van der Waals surface area contributed by atoms with Gasteiger partial charge in [-0.05, 0) is 53.3 Å². The van der Waals surface area contributed by atoms with Gasteiger partial charge < -0.3 is 10.2 Å². The molecule has 0 fully saturated rings. The summed E-state index contributed by atoms with van der Waals surface area (Å²) in [6.07, 6.45) is 1.37. The minimum atomic E-state index is -0.960. The van der Waals surface area contributed by atoms with Crippen LogP contribution in [-0.2, 0) is 12.8 Å². The molecule has 2 aromatic rings. The molecule has 0 bridgehead atoms. The predicted molar refractivity (Wildman–Crippen MR) is 84.6 cm³/mol. The van der Waals surface area contributed by atoms with E-state index >= 15 is 0 Å². The van der Waals surface area contributed by atoms with Crippen molar-refractivity contribution in [1.29, 1.82) is 0 Å². The fourth-order valence-corrected chi connectivity index (χ4v) is 2.76. The Bertz CT molecular complexity index is 715. The molecule has 0 atom stereocenters. The number of hydrogen-bond donors (Lipinski definition) is 2. The molecule has 22 heavy (non-hydrogen) atoms. The fraction of sp³-hybridized carbons (Fsp3) is 0.222. The van der Waals surface area contributed by atoms with Crippen molar-refractivity contribution in [2.45, 2.75) is 26.7 Å². The molecule has 0 unspecified atom stereocenters. The lowest BCUT2D eigenvalue weighted by atomic mass is 9.89. The van der Waals surface area contributed by atoms with Gasteiger partial charge in [0.15, 0.2) is 0 Å². The number of benzene rings is 2. The van der Waals surface area contributed by atoms with Crippen molar-refractivity contribution in [2.75, 3.05) is 0 Å². The lowest BCUT2D eigenvalue weighted by Crippen LogP contribution is -2.06. The topological polar surface area (TPSA) is 74.6 Å². The van der Waals surface area contributed by atoms with Gasteiger partial charge in [-0.3, -0.25) is 0 Å². The summed E-state index contributed by atoms with van der Waals surface area (Å²) in [6, 6.07) is 10.1. The van der Waals surface area contributed by atoms with Crippen LogP contribution in [-0.4, -0.2) is 22.2 Å². The van der Waals surface area contributed by atoms with E-state index in [4.69, 9.17) is 5.11 Å². The number of carboxylic acid groups (broad SMARTS) is 2. The van der Waals surface area contributed by atoms with E-state index in [1.807, 2.05) is 13.8 Å². The Morgan fingerprint density at radius 3 is 1.86 bits per heavy atom. The SMILES string of the molecule is CCc1c(C(=O)O)ccc(-c2ccc(C(=O)O)cc2)c1CC. The molecule has 0 radical (unpaired) electrons. The highest BCUT2D eigenvalue weighted by Crippen LogP contribution is 2.30. The molecule has 0 amide bonds. The third kappa shape index (κ3) is 2.86. The van der Waals surface area contributed by atoms with Gasteiger partial charge >= 0.3 is 11.9 Å². The zero-order chi connectivity index (χ0) is 16.3. The Balaban J connectivity index is 2.60. The van der Waals surface area contributed by atoms with Gasteiger partial charge in [-0.25, -0.2) is 9.59 Å². The maximum Gasteiger partial charge on any atom is 0.335 e. The smallest absolute Gasteiger partial charge is 0.335 e. The van der Waals surface area contributed by atoms with Crippen molar-refractivity contribution < 1.29 is 19.8 Å². The van der Waals surface area contributed by atoms with Crippen LogP contribution in [0.25, 0.3) is 11.1 Å². The highest BCUT2D eigenvalue weighted by molar-refractivity contribution is 5.92. The van der Waals surface area contributed by atoms with Gasteiger partial charge in [0.2, 0.25) is 0 Å². The molecule has 0 aliphatic heterocycles. The second kappa shape index (κ2) is 6.43. The third-order valence-corrected chi connectivity index (χ3v) is 3.81. The maximum absolute atomic E-state index is 11.4. The van der Waals surface area contributed by atoms with Gasteiger partial charge in [-0.1, -0.05) is 32.0 Å². The molecule has 4 nitrogen and oxygen atoms in total. The average molecular weight is 298 g/mol. The van der Waals surface area contributed by atoms with Gasteiger partial charge in [0.1, 0.15) is 0 Å². The molecule has 0 heterocycles. The monoisotopic (exact) mass is 298 g/mol. The fourth-order valence-electron chi connectivity index (χ4n) is 2.76.